The van der Waals surface area contributed by atoms with E-state index in [0.29, 0.717) is 0 Å². The third-order valence-corrected chi connectivity index (χ3v) is 1.94. The highest BCUT2D eigenvalue weighted by Gasteiger charge is 2.07. The molecule has 0 bridgehead atoms. The first kappa shape index (κ1) is 6.40. The number of amidine groups is 1. The van der Waals surface area contributed by atoms with Crippen LogP contribution in [0.5, 0.6) is 0 Å². The summed E-state index contributed by atoms with van der Waals surface area (Å²) in [6.45, 7) is 0.752. The minimum atomic E-state index is 0.752. The van der Waals surface area contributed by atoms with Crippen LogP contribution in [-0.4, -0.2) is 5.84 Å². The van der Waals surface area contributed by atoms with Crippen molar-refractivity contribution in [3.8, 4) is 0 Å². The van der Waals surface area contributed by atoms with E-state index in [4.69, 9.17) is 5.73 Å². The summed E-state index contributed by atoms with van der Waals surface area (Å²) in [6, 6.07) is 8.29. The van der Waals surface area contributed by atoms with Crippen LogP contribution in [0.15, 0.2) is 29.3 Å². The SMILES string of the molecule is NC1=NCc2ccccc2C1. The molecular formula is C9H10N2. The molecule has 0 aromatic heterocycles. The number of fused-ring (bicyclic) bond motifs is 1. The second-order valence-electron chi connectivity index (χ2n) is 2.75. The molecule has 2 N–H and O–H groups in total. The summed E-state index contributed by atoms with van der Waals surface area (Å²) in [6.07, 6.45) is 0.816. The Hall–Kier alpha value is -1.31. The Morgan fingerprint density at radius 1 is 1.18 bits per heavy atom. The highest BCUT2D eigenvalue weighted by Crippen LogP contribution is 2.14. The van der Waals surface area contributed by atoms with Gasteiger partial charge in [-0.1, -0.05) is 24.3 Å². The zero-order valence-electron chi connectivity index (χ0n) is 6.25. The van der Waals surface area contributed by atoms with E-state index in [1.807, 2.05) is 12.1 Å². The van der Waals surface area contributed by atoms with E-state index in [1.54, 1.807) is 0 Å². The number of hydrogen-bond donors (Lipinski definition) is 1. The second-order valence-corrected chi connectivity index (χ2v) is 2.75. The molecule has 0 aliphatic carbocycles. The van der Waals surface area contributed by atoms with Crippen LogP contribution in [-0.2, 0) is 13.0 Å². The molecule has 0 saturated heterocycles. The Balaban J connectivity index is 2.42. The van der Waals surface area contributed by atoms with Crippen molar-refractivity contribution in [3.63, 3.8) is 0 Å². The highest BCUT2D eigenvalue weighted by molar-refractivity contribution is 5.84. The first-order chi connectivity index (χ1) is 5.36. The predicted octanol–water partition coefficient (Wildman–Crippen LogP) is 1.10. The van der Waals surface area contributed by atoms with Gasteiger partial charge < -0.3 is 5.73 Å². The van der Waals surface area contributed by atoms with Gasteiger partial charge in [0.1, 0.15) is 0 Å². The largest absolute Gasteiger partial charge is 0.387 e. The van der Waals surface area contributed by atoms with Gasteiger partial charge in [0.2, 0.25) is 0 Å². The van der Waals surface area contributed by atoms with E-state index >= 15 is 0 Å². The van der Waals surface area contributed by atoms with Crippen LogP contribution >= 0.6 is 0 Å². The lowest BCUT2D eigenvalue weighted by molar-refractivity contribution is 0.978. The molecule has 1 aliphatic heterocycles. The molecule has 0 radical (unpaired) electrons. The average Bonchev–Trinajstić information content (AvgIpc) is 2.04. The third kappa shape index (κ3) is 1.11. The van der Waals surface area contributed by atoms with Gasteiger partial charge in [-0.05, 0) is 11.1 Å². The maximum absolute atomic E-state index is 5.60. The number of nitrogens with zero attached hydrogens (tertiary/aromatic N) is 1. The van der Waals surface area contributed by atoms with E-state index in [0.717, 1.165) is 18.8 Å². The van der Waals surface area contributed by atoms with Gasteiger partial charge in [0.15, 0.2) is 0 Å². The zero-order chi connectivity index (χ0) is 7.68. The van der Waals surface area contributed by atoms with Crippen LogP contribution in [0.4, 0.5) is 0 Å². The van der Waals surface area contributed by atoms with Gasteiger partial charge in [0.25, 0.3) is 0 Å². The van der Waals surface area contributed by atoms with Crippen molar-refractivity contribution in [2.75, 3.05) is 0 Å². The first-order valence-corrected chi connectivity index (χ1v) is 3.72. The topological polar surface area (TPSA) is 38.4 Å². The van der Waals surface area contributed by atoms with Crippen molar-refractivity contribution in [2.45, 2.75) is 13.0 Å². The first-order valence-electron chi connectivity index (χ1n) is 3.72. The van der Waals surface area contributed by atoms with Crippen LogP contribution < -0.4 is 5.73 Å². The normalized spacial score (nSPS) is 15.5. The van der Waals surface area contributed by atoms with Gasteiger partial charge in [0, 0.05) is 6.42 Å². The van der Waals surface area contributed by atoms with Crippen LogP contribution in [0, 0.1) is 0 Å². The summed E-state index contributed by atoms with van der Waals surface area (Å²) in [7, 11) is 0. The fraction of sp³-hybridized carbons (Fsp3) is 0.222. The molecule has 0 unspecified atom stereocenters. The quantitative estimate of drug-likeness (QED) is 0.584. The maximum Gasteiger partial charge on any atom is 0.0985 e. The molecule has 56 valence electrons. The Morgan fingerprint density at radius 2 is 1.91 bits per heavy atom. The molecule has 0 saturated carbocycles. The Labute approximate surface area is 65.8 Å². The van der Waals surface area contributed by atoms with Crippen molar-refractivity contribution < 1.29 is 0 Å². The Bertz CT molecular complexity index is 302. The molecule has 0 spiro atoms. The smallest absolute Gasteiger partial charge is 0.0985 e. The number of aliphatic imine (C=N–C) groups is 1. The van der Waals surface area contributed by atoms with Crippen LogP contribution in [0.3, 0.4) is 0 Å². The summed E-state index contributed by atoms with van der Waals surface area (Å²) < 4.78 is 0. The van der Waals surface area contributed by atoms with Gasteiger partial charge >= 0.3 is 0 Å². The molecule has 0 fully saturated rings. The lowest BCUT2D eigenvalue weighted by Gasteiger charge is -2.12. The molecule has 1 aromatic rings. The van der Waals surface area contributed by atoms with Crippen molar-refractivity contribution in [1.29, 1.82) is 0 Å². The fourth-order valence-electron chi connectivity index (χ4n) is 1.32. The van der Waals surface area contributed by atoms with E-state index in [-0.39, 0.29) is 0 Å². The van der Waals surface area contributed by atoms with E-state index in [2.05, 4.69) is 17.1 Å². The van der Waals surface area contributed by atoms with Crippen LogP contribution in [0.1, 0.15) is 11.1 Å². The van der Waals surface area contributed by atoms with Crippen molar-refractivity contribution in [3.05, 3.63) is 35.4 Å². The molecular weight excluding hydrogens is 136 g/mol. The molecule has 1 heterocycles. The zero-order valence-corrected chi connectivity index (χ0v) is 6.25. The van der Waals surface area contributed by atoms with Crippen molar-refractivity contribution >= 4 is 5.84 Å². The summed E-state index contributed by atoms with van der Waals surface area (Å²) in [5.74, 6) is 0.753. The van der Waals surface area contributed by atoms with E-state index in [9.17, 15) is 0 Å². The fourth-order valence-corrected chi connectivity index (χ4v) is 1.32. The lowest BCUT2D eigenvalue weighted by Crippen LogP contribution is -2.19. The predicted molar refractivity (Wildman–Crippen MR) is 45.5 cm³/mol. The molecule has 1 aromatic carbocycles. The summed E-state index contributed by atoms with van der Waals surface area (Å²) >= 11 is 0. The lowest BCUT2D eigenvalue weighted by atomic mass is 10.0. The minimum absolute atomic E-state index is 0.752. The van der Waals surface area contributed by atoms with Crippen LogP contribution in [0.2, 0.25) is 0 Å². The molecule has 0 atom stereocenters. The Morgan fingerprint density at radius 3 is 2.73 bits per heavy atom. The van der Waals surface area contributed by atoms with Gasteiger partial charge in [-0.3, -0.25) is 4.99 Å². The Kier molecular flexibility index (Phi) is 1.39. The highest BCUT2D eigenvalue weighted by atomic mass is 14.9. The molecule has 2 rings (SSSR count). The van der Waals surface area contributed by atoms with Gasteiger partial charge in [-0.25, -0.2) is 0 Å². The second kappa shape index (κ2) is 2.38. The average molecular weight is 146 g/mol. The van der Waals surface area contributed by atoms with E-state index in [1.165, 1.54) is 11.1 Å². The minimum Gasteiger partial charge on any atom is -0.387 e. The molecule has 0 amide bonds. The number of rotatable bonds is 0. The standard InChI is InChI=1S/C9H10N2/c10-9-5-7-3-1-2-4-8(7)6-11-9/h1-4H,5-6H2,(H2,10,11). The van der Waals surface area contributed by atoms with Crippen molar-refractivity contribution in [2.24, 2.45) is 10.7 Å². The van der Waals surface area contributed by atoms with Gasteiger partial charge in [0.05, 0.1) is 12.4 Å². The molecule has 11 heavy (non-hydrogen) atoms. The molecule has 1 aliphatic rings. The number of benzene rings is 1. The van der Waals surface area contributed by atoms with Crippen molar-refractivity contribution in [1.82, 2.24) is 0 Å². The third-order valence-electron chi connectivity index (χ3n) is 1.94. The van der Waals surface area contributed by atoms with Crippen LogP contribution in [0.25, 0.3) is 0 Å². The van der Waals surface area contributed by atoms with Gasteiger partial charge in [-0.2, -0.15) is 0 Å². The number of nitrogens with two attached hydrogens (primary N) is 1. The molecule has 2 heteroatoms. The summed E-state index contributed by atoms with van der Waals surface area (Å²) in [5.41, 5.74) is 8.23. The monoisotopic (exact) mass is 146 g/mol. The number of hydrogen-bond acceptors (Lipinski definition) is 2. The van der Waals surface area contributed by atoms with E-state index < -0.39 is 0 Å². The summed E-state index contributed by atoms with van der Waals surface area (Å²) in [5, 5.41) is 0. The maximum atomic E-state index is 5.60. The summed E-state index contributed by atoms with van der Waals surface area (Å²) in [4.78, 5) is 4.17. The van der Waals surface area contributed by atoms with Gasteiger partial charge in [-0.15, -0.1) is 0 Å². The molecule has 2 nitrogen and oxygen atoms in total.